The van der Waals surface area contributed by atoms with Crippen LogP contribution in [0, 0.1) is 0 Å². The maximum absolute atomic E-state index is 12.9. The zero-order valence-electron chi connectivity index (χ0n) is 15.9. The van der Waals surface area contributed by atoms with E-state index >= 15 is 0 Å². The fourth-order valence-corrected chi connectivity index (χ4v) is 3.71. The molecule has 0 saturated carbocycles. The molecule has 1 aliphatic rings. The Kier molecular flexibility index (Phi) is 5.53. The van der Waals surface area contributed by atoms with Gasteiger partial charge in [0.15, 0.2) is 11.5 Å². The second-order valence-electron chi connectivity index (χ2n) is 7.11. The quantitative estimate of drug-likeness (QED) is 0.586. The topological polar surface area (TPSA) is 55.6 Å². The number of rotatable bonds is 5. The van der Waals surface area contributed by atoms with E-state index in [4.69, 9.17) is 20.8 Å². The Balaban J connectivity index is 1.41. The van der Waals surface area contributed by atoms with E-state index in [0.717, 1.165) is 42.0 Å². The number of hydrogen-bond donors (Lipinski definition) is 0. The number of fused-ring (bicyclic) bond motifs is 1. The van der Waals surface area contributed by atoms with Gasteiger partial charge in [-0.25, -0.2) is 4.98 Å². The molecule has 1 aromatic heterocycles. The van der Waals surface area contributed by atoms with E-state index in [1.807, 2.05) is 41.3 Å². The third-order valence-electron chi connectivity index (χ3n) is 5.05. The Morgan fingerprint density at radius 1 is 1.25 bits per heavy atom. The van der Waals surface area contributed by atoms with Gasteiger partial charge in [-0.3, -0.25) is 4.79 Å². The molecule has 1 fully saturated rings. The number of benzene rings is 2. The van der Waals surface area contributed by atoms with Crippen LogP contribution in [0.25, 0.3) is 11.1 Å². The Hall–Kier alpha value is -2.53. The van der Waals surface area contributed by atoms with E-state index in [0.29, 0.717) is 30.3 Å². The van der Waals surface area contributed by atoms with Crippen molar-refractivity contribution in [3.8, 4) is 5.75 Å². The minimum absolute atomic E-state index is 0.0461. The molecule has 2 heterocycles. The molecule has 0 aliphatic carbocycles. The number of oxazole rings is 1. The number of hydrogen-bond acceptors (Lipinski definition) is 4. The van der Waals surface area contributed by atoms with Gasteiger partial charge in [0, 0.05) is 29.6 Å². The summed E-state index contributed by atoms with van der Waals surface area (Å²) in [5, 5.41) is 0.651. The normalized spacial score (nSPS) is 15.1. The molecule has 4 rings (SSSR count). The number of carbonyl (C=O) groups is 1. The van der Waals surface area contributed by atoms with Gasteiger partial charge in [-0.05, 0) is 55.7 Å². The number of amides is 1. The predicted octanol–water partition coefficient (Wildman–Crippen LogP) is 5.29. The molecule has 0 radical (unpaired) electrons. The zero-order valence-corrected chi connectivity index (χ0v) is 16.6. The Morgan fingerprint density at radius 3 is 2.86 bits per heavy atom. The summed E-state index contributed by atoms with van der Waals surface area (Å²) in [7, 11) is 0. The molecular formula is C22H23ClN2O3. The molecule has 0 bridgehead atoms. The predicted molar refractivity (Wildman–Crippen MR) is 109 cm³/mol. The maximum Gasteiger partial charge on any atom is 0.253 e. The Morgan fingerprint density at radius 2 is 2.07 bits per heavy atom. The largest absolute Gasteiger partial charge is 0.494 e. The van der Waals surface area contributed by atoms with Gasteiger partial charge < -0.3 is 14.1 Å². The number of halogens is 1. The summed E-state index contributed by atoms with van der Waals surface area (Å²) < 4.78 is 11.6. The average Bonchev–Trinajstić information content (AvgIpc) is 3.15. The van der Waals surface area contributed by atoms with E-state index in [2.05, 4.69) is 11.9 Å². The lowest BCUT2D eigenvalue weighted by atomic mass is 9.96. The van der Waals surface area contributed by atoms with Gasteiger partial charge in [0.05, 0.1) is 6.61 Å². The van der Waals surface area contributed by atoms with Gasteiger partial charge >= 0.3 is 0 Å². The van der Waals surface area contributed by atoms with Gasteiger partial charge in [0.2, 0.25) is 0 Å². The van der Waals surface area contributed by atoms with Crippen molar-refractivity contribution in [1.82, 2.24) is 9.88 Å². The van der Waals surface area contributed by atoms with E-state index in [1.54, 1.807) is 6.07 Å². The van der Waals surface area contributed by atoms with E-state index < -0.39 is 0 Å². The molecule has 5 nitrogen and oxygen atoms in total. The van der Waals surface area contributed by atoms with Crippen LogP contribution in [0.5, 0.6) is 5.75 Å². The molecule has 2 aromatic carbocycles. The monoisotopic (exact) mass is 398 g/mol. The van der Waals surface area contributed by atoms with E-state index in [9.17, 15) is 4.79 Å². The van der Waals surface area contributed by atoms with Crippen molar-refractivity contribution in [2.75, 3.05) is 19.7 Å². The SMILES string of the molecule is CCCOc1cccc(C(=O)N2CCC(c3nc4cc(Cl)ccc4o3)CC2)c1. The van der Waals surface area contributed by atoms with Crippen molar-refractivity contribution in [1.29, 1.82) is 0 Å². The lowest BCUT2D eigenvalue weighted by molar-refractivity contribution is 0.0706. The minimum atomic E-state index is 0.0461. The number of nitrogens with zero attached hydrogens (tertiary/aromatic N) is 2. The zero-order chi connectivity index (χ0) is 19.5. The van der Waals surface area contributed by atoms with E-state index in [-0.39, 0.29) is 11.8 Å². The maximum atomic E-state index is 12.9. The van der Waals surface area contributed by atoms with Crippen LogP contribution in [0.4, 0.5) is 0 Å². The fraction of sp³-hybridized carbons (Fsp3) is 0.364. The molecule has 0 atom stereocenters. The average molecular weight is 399 g/mol. The van der Waals surface area contributed by atoms with Gasteiger partial charge in [-0.15, -0.1) is 0 Å². The first-order chi connectivity index (χ1) is 13.6. The van der Waals surface area contributed by atoms with Crippen molar-refractivity contribution in [2.24, 2.45) is 0 Å². The van der Waals surface area contributed by atoms with Crippen LogP contribution in [0.1, 0.15) is 48.4 Å². The smallest absolute Gasteiger partial charge is 0.253 e. The third-order valence-corrected chi connectivity index (χ3v) is 5.29. The number of aromatic nitrogens is 1. The molecule has 1 saturated heterocycles. The van der Waals surface area contributed by atoms with Crippen LogP contribution in [0.15, 0.2) is 46.9 Å². The fourth-order valence-electron chi connectivity index (χ4n) is 3.54. The highest BCUT2D eigenvalue weighted by Gasteiger charge is 2.27. The molecule has 0 unspecified atom stereocenters. The molecule has 1 amide bonds. The van der Waals surface area contributed by atoms with Crippen molar-refractivity contribution in [2.45, 2.75) is 32.1 Å². The Labute approximate surface area is 169 Å². The standard InChI is InChI=1S/C22H23ClN2O3/c1-2-12-27-18-5-3-4-16(13-18)22(26)25-10-8-15(9-11-25)21-24-19-14-17(23)6-7-20(19)28-21/h3-7,13-15H,2,8-12H2,1H3. The molecule has 28 heavy (non-hydrogen) atoms. The van der Waals surface area contributed by atoms with Crippen molar-refractivity contribution < 1.29 is 13.9 Å². The highest BCUT2D eigenvalue weighted by Crippen LogP contribution is 2.31. The second kappa shape index (κ2) is 8.23. The summed E-state index contributed by atoms with van der Waals surface area (Å²) in [4.78, 5) is 19.4. The second-order valence-corrected chi connectivity index (χ2v) is 7.54. The van der Waals surface area contributed by atoms with Crippen LogP contribution in [0.2, 0.25) is 5.02 Å². The summed E-state index contributed by atoms with van der Waals surface area (Å²) in [6, 6.07) is 12.9. The highest BCUT2D eigenvalue weighted by molar-refractivity contribution is 6.31. The van der Waals surface area contributed by atoms with Gasteiger partial charge in [-0.2, -0.15) is 0 Å². The highest BCUT2D eigenvalue weighted by atomic mass is 35.5. The number of ether oxygens (including phenoxy) is 1. The first-order valence-electron chi connectivity index (χ1n) is 9.72. The lowest BCUT2D eigenvalue weighted by Gasteiger charge is -2.30. The summed E-state index contributed by atoms with van der Waals surface area (Å²) in [6.07, 6.45) is 2.60. The summed E-state index contributed by atoms with van der Waals surface area (Å²) >= 11 is 6.03. The van der Waals surface area contributed by atoms with Crippen LogP contribution >= 0.6 is 11.6 Å². The molecule has 6 heteroatoms. The summed E-state index contributed by atoms with van der Waals surface area (Å²) in [5.74, 6) is 1.74. The summed E-state index contributed by atoms with van der Waals surface area (Å²) in [5.41, 5.74) is 2.20. The number of likely N-dealkylation sites (tertiary alicyclic amines) is 1. The Bertz CT molecular complexity index is 977. The van der Waals surface area contributed by atoms with Gasteiger partial charge in [0.25, 0.3) is 5.91 Å². The minimum Gasteiger partial charge on any atom is -0.494 e. The molecule has 3 aromatic rings. The molecule has 0 spiro atoms. The number of piperidine rings is 1. The molecule has 0 N–H and O–H groups in total. The van der Waals surface area contributed by atoms with Crippen LogP contribution < -0.4 is 4.74 Å². The first kappa shape index (κ1) is 18.8. The van der Waals surface area contributed by atoms with Crippen molar-refractivity contribution in [3.05, 3.63) is 58.9 Å². The van der Waals surface area contributed by atoms with Crippen LogP contribution in [-0.4, -0.2) is 35.5 Å². The van der Waals surface area contributed by atoms with Crippen LogP contribution in [0.3, 0.4) is 0 Å². The van der Waals surface area contributed by atoms with Crippen molar-refractivity contribution >= 4 is 28.6 Å². The summed E-state index contributed by atoms with van der Waals surface area (Å²) in [6.45, 7) is 4.08. The lowest BCUT2D eigenvalue weighted by Crippen LogP contribution is -2.38. The third kappa shape index (κ3) is 3.99. The van der Waals surface area contributed by atoms with Gasteiger partial charge in [0.1, 0.15) is 11.3 Å². The molecule has 146 valence electrons. The first-order valence-corrected chi connectivity index (χ1v) is 10.1. The molecular weight excluding hydrogens is 376 g/mol. The van der Waals surface area contributed by atoms with Crippen molar-refractivity contribution in [3.63, 3.8) is 0 Å². The van der Waals surface area contributed by atoms with Gasteiger partial charge in [-0.1, -0.05) is 24.6 Å². The molecule has 1 aliphatic heterocycles. The van der Waals surface area contributed by atoms with Crippen LogP contribution in [-0.2, 0) is 0 Å². The van der Waals surface area contributed by atoms with E-state index in [1.165, 1.54) is 0 Å². The number of carbonyl (C=O) groups excluding carboxylic acids is 1.